The van der Waals surface area contributed by atoms with Gasteiger partial charge >= 0.3 is 0 Å². The number of carbonyl (C=O) groups is 1. The van der Waals surface area contributed by atoms with Crippen LogP contribution in [0.25, 0.3) is 11.1 Å². The molecule has 0 radical (unpaired) electrons. The molecule has 1 aliphatic rings. The topological polar surface area (TPSA) is 23.6 Å². The number of carbonyl (C=O) groups excluding carboxylic acids is 1. The van der Waals surface area contributed by atoms with Crippen LogP contribution in [-0.2, 0) is 0 Å². The van der Waals surface area contributed by atoms with Gasteiger partial charge in [-0.1, -0.05) is 32.0 Å². The molecule has 0 N–H and O–H groups in total. The van der Waals surface area contributed by atoms with Gasteiger partial charge in [0.25, 0.3) is 5.91 Å². The molecule has 27 heavy (non-hydrogen) atoms. The molecule has 3 nitrogen and oxygen atoms in total. The fraction of sp³-hybridized carbons (Fsp3) is 0.435. The number of nitrogens with zero attached hydrogens (tertiary/aromatic N) is 2. The molecular weight excluding hydrogens is 339 g/mol. The van der Waals surface area contributed by atoms with Crippen LogP contribution in [0.2, 0.25) is 0 Å². The van der Waals surface area contributed by atoms with Gasteiger partial charge in [0.1, 0.15) is 5.82 Å². The van der Waals surface area contributed by atoms with Crippen molar-refractivity contribution in [1.82, 2.24) is 9.80 Å². The molecule has 1 heterocycles. The van der Waals surface area contributed by atoms with Crippen LogP contribution in [0, 0.1) is 12.7 Å². The van der Waals surface area contributed by atoms with E-state index in [0.29, 0.717) is 11.6 Å². The van der Waals surface area contributed by atoms with E-state index in [-0.39, 0.29) is 11.7 Å². The van der Waals surface area contributed by atoms with Gasteiger partial charge in [-0.05, 0) is 73.8 Å². The minimum Gasteiger partial charge on any atom is -0.334 e. The lowest BCUT2D eigenvalue weighted by atomic mass is 9.99. The maximum Gasteiger partial charge on any atom is 0.254 e. The van der Waals surface area contributed by atoms with Crippen LogP contribution in [0.5, 0.6) is 0 Å². The van der Waals surface area contributed by atoms with E-state index >= 15 is 0 Å². The second kappa shape index (κ2) is 8.66. The SMILES string of the molecule is CCN(CC)C[C@H]1CCCN1C(=O)c1ccc(-c2cc(F)ccc2C)cc1. The van der Waals surface area contributed by atoms with Crippen molar-refractivity contribution in [2.75, 3.05) is 26.2 Å². The maximum absolute atomic E-state index is 13.6. The molecule has 0 aliphatic carbocycles. The molecule has 0 unspecified atom stereocenters. The van der Waals surface area contributed by atoms with E-state index in [0.717, 1.165) is 55.7 Å². The summed E-state index contributed by atoms with van der Waals surface area (Å²) in [6.45, 7) is 10.1. The largest absolute Gasteiger partial charge is 0.334 e. The number of rotatable bonds is 6. The summed E-state index contributed by atoms with van der Waals surface area (Å²) >= 11 is 0. The van der Waals surface area contributed by atoms with Crippen LogP contribution in [0.1, 0.15) is 42.6 Å². The number of likely N-dealkylation sites (N-methyl/N-ethyl adjacent to an activating group) is 1. The van der Waals surface area contributed by atoms with Crippen LogP contribution in [-0.4, -0.2) is 47.9 Å². The molecule has 0 spiro atoms. The Bertz CT molecular complexity index is 783. The predicted molar refractivity (Wildman–Crippen MR) is 108 cm³/mol. The van der Waals surface area contributed by atoms with Crippen LogP contribution >= 0.6 is 0 Å². The van der Waals surface area contributed by atoms with Crippen molar-refractivity contribution in [3.63, 3.8) is 0 Å². The molecule has 1 saturated heterocycles. The van der Waals surface area contributed by atoms with Crippen molar-refractivity contribution in [3.05, 3.63) is 59.4 Å². The predicted octanol–water partition coefficient (Wildman–Crippen LogP) is 4.75. The van der Waals surface area contributed by atoms with Crippen LogP contribution < -0.4 is 0 Å². The van der Waals surface area contributed by atoms with E-state index in [1.807, 2.05) is 36.1 Å². The van der Waals surface area contributed by atoms with Gasteiger partial charge < -0.3 is 9.80 Å². The van der Waals surface area contributed by atoms with E-state index in [4.69, 9.17) is 0 Å². The quantitative estimate of drug-likeness (QED) is 0.735. The van der Waals surface area contributed by atoms with E-state index in [1.165, 1.54) is 6.07 Å². The minimum absolute atomic E-state index is 0.104. The Kier molecular flexibility index (Phi) is 6.27. The molecule has 1 amide bonds. The van der Waals surface area contributed by atoms with Crippen LogP contribution in [0.3, 0.4) is 0 Å². The van der Waals surface area contributed by atoms with Crippen molar-refractivity contribution in [1.29, 1.82) is 0 Å². The smallest absolute Gasteiger partial charge is 0.254 e. The summed E-state index contributed by atoms with van der Waals surface area (Å²) in [4.78, 5) is 17.4. The number of aryl methyl sites for hydroxylation is 1. The zero-order valence-corrected chi connectivity index (χ0v) is 16.5. The molecule has 2 aromatic rings. The van der Waals surface area contributed by atoms with Crippen molar-refractivity contribution in [3.8, 4) is 11.1 Å². The van der Waals surface area contributed by atoms with Gasteiger partial charge in [-0.3, -0.25) is 4.79 Å². The summed E-state index contributed by atoms with van der Waals surface area (Å²) in [5.74, 6) is -0.140. The maximum atomic E-state index is 13.6. The number of hydrogen-bond donors (Lipinski definition) is 0. The summed E-state index contributed by atoms with van der Waals surface area (Å²) in [5, 5.41) is 0. The van der Waals surface area contributed by atoms with Gasteiger partial charge in [0.05, 0.1) is 0 Å². The van der Waals surface area contributed by atoms with Gasteiger partial charge in [-0.25, -0.2) is 4.39 Å². The zero-order chi connectivity index (χ0) is 19.4. The average Bonchev–Trinajstić information content (AvgIpc) is 3.15. The van der Waals surface area contributed by atoms with Crippen molar-refractivity contribution < 1.29 is 9.18 Å². The first kappa shape index (κ1) is 19.6. The lowest BCUT2D eigenvalue weighted by molar-refractivity contribution is 0.0704. The molecule has 0 bridgehead atoms. The van der Waals surface area contributed by atoms with Gasteiger partial charge in [0, 0.05) is 24.7 Å². The lowest BCUT2D eigenvalue weighted by Gasteiger charge is -2.29. The second-order valence-corrected chi connectivity index (χ2v) is 7.32. The number of benzene rings is 2. The Morgan fingerprint density at radius 3 is 2.52 bits per heavy atom. The van der Waals surface area contributed by atoms with Gasteiger partial charge in [-0.2, -0.15) is 0 Å². The molecule has 144 valence electrons. The fourth-order valence-electron chi connectivity index (χ4n) is 3.94. The number of likely N-dealkylation sites (tertiary alicyclic amines) is 1. The minimum atomic E-state index is -0.243. The Balaban J connectivity index is 1.76. The molecule has 0 aromatic heterocycles. The summed E-state index contributed by atoms with van der Waals surface area (Å²) in [6, 6.07) is 12.7. The third kappa shape index (κ3) is 4.38. The zero-order valence-electron chi connectivity index (χ0n) is 16.5. The van der Waals surface area contributed by atoms with Gasteiger partial charge in [-0.15, -0.1) is 0 Å². The fourth-order valence-corrected chi connectivity index (χ4v) is 3.94. The Labute approximate surface area is 161 Å². The Morgan fingerprint density at radius 1 is 1.15 bits per heavy atom. The van der Waals surface area contributed by atoms with E-state index in [2.05, 4.69) is 18.7 Å². The molecule has 0 saturated carbocycles. The summed E-state index contributed by atoms with van der Waals surface area (Å²) in [6.07, 6.45) is 2.14. The van der Waals surface area contributed by atoms with Crippen LogP contribution in [0.4, 0.5) is 4.39 Å². The van der Waals surface area contributed by atoms with Crippen molar-refractivity contribution >= 4 is 5.91 Å². The molecule has 1 aliphatic heterocycles. The molecule has 1 fully saturated rings. The standard InChI is InChI=1S/C23H29FN2O/c1-4-25(5-2)16-21-7-6-14-26(21)23(27)19-11-9-18(10-12-19)22-15-20(24)13-8-17(22)3/h8-13,15,21H,4-7,14,16H2,1-3H3/t21-/m1/s1. The first-order chi connectivity index (χ1) is 13.0. The molecule has 3 rings (SSSR count). The Hall–Kier alpha value is -2.20. The second-order valence-electron chi connectivity index (χ2n) is 7.32. The monoisotopic (exact) mass is 368 g/mol. The number of hydrogen-bond acceptors (Lipinski definition) is 2. The number of halogens is 1. The highest BCUT2D eigenvalue weighted by Crippen LogP contribution is 2.26. The lowest BCUT2D eigenvalue weighted by Crippen LogP contribution is -2.43. The molecule has 2 aromatic carbocycles. The molecule has 1 atom stereocenters. The summed E-state index contributed by atoms with van der Waals surface area (Å²) in [7, 11) is 0. The van der Waals surface area contributed by atoms with E-state index in [9.17, 15) is 9.18 Å². The number of amides is 1. The highest BCUT2D eigenvalue weighted by molar-refractivity contribution is 5.95. The Morgan fingerprint density at radius 2 is 1.85 bits per heavy atom. The highest BCUT2D eigenvalue weighted by atomic mass is 19.1. The van der Waals surface area contributed by atoms with Gasteiger partial charge in [0.15, 0.2) is 0 Å². The first-order valence-corrected chi connectivity index (χ1v) is 9.93. The summed E-state index contributed by atoms with van der Waals surface area (Å²) in [5.41, 5.74) is 3.54. The molecular formula is C23H29FN2O. The normalized spacial score (nSPS) is 16.9. The highest BCUT2D eigenvalue weighted by Gasteiger charge is 2.30. The van der Waals surface area contributed by atoms with Gasteiger partial charge in [0.2, 0.25) is 0 Å². The van der Waals surface area contributed by atoms with Crippen molar-refractivity contribution in [2.45, 2.75) is 39.7 Å². The van der Waals surface area contributed by atoms with Crippen LogP contribution in [0.15, 0.2) is 42.5 Å². The molecule has 4 heteroatoms. The van der Waals surface area contributed by atoms with E-state index < -0.39 is 0 Å². The van der Waals surface area contributed by atoms with E-state index in [1.54, 1.807) is 12.1 Å². The van der Waals surface area contributed by atoms with Crippen molar-refractivity contribution in [2.24, 2.45) is 0 Å². The summed E-state index contributed by atoms with van der Waals surface area (Å²) < 4.78 is 13.6. The first-order valence-electron chi connectivity index (χ1n) is 9.93. The third-order valence-electron chi connectivity index (χ3n) is 5.64. The average molecular weight is 368 g/mol. The third-order valence-corrected chi connectivity index (χ3v) is 5.64.